The summed E-state index contributed by atoms with van der Waals surface area (Å²) < 4.78 is 5.74. The zero-order valence-corrected chi connectivity index (χ0v) is 13.1. The Hall–Kier alpha value is -0.900. The van der Waals surface area contributed by atoms with E-state index in [0.717, 1.165) is 25.7 Å². The highest BCUT2D eigenvalue weighted by atomic mass is 16.5. The summed E-state index contributed by atoms with van der Waals surface area (Å²) >= 11 is 0. The molecule has 112 valence electrons. The fraction of sp³-hybridized carbons (Fsp3) is 0.647. The van der Waals surface area contributed by atoms with Gasteiger partial charge in [0.25, 0.3) is 0 Å². The van der Waals surface area contributed by atoms with Gasteiger partial charge >= 0.3 is 0 Å². The number of rotatable bonds is 8. The number of nitrogens with zero attached hydrogens (tertiary/aromatic N) is 1. The van der Waals surface area contributed by atoms with Crippen molar-refractivity contribution in [2.45, 2.75) is 32.7 Å². The van der Waals surface area contributed by atoms with Crippen LogP contribution in [-0.2, 0) is 4.74 Å². The third kappa shape index (κ3) is 4.05. The normalized spacial score (nSPS) is 16.6. The molecule has 0 aromatic heterocycles. The fourth-order valence-electron chi connectivity index (χ4n) is 2.77. The van der Waals surface area contributed by atoms with Crippen LogP contribution >= 0.6 is 0 Å². The van der Waals surface area contributed by atoms with Crippen molar-refractivity contribution in [3.63, 3.8) is 0 Å². The highest BCUT2D eigenvalue weighted by molar-refractivity contribution is 5.36. The van der Waals surface area contributed by atoms with Crippen LogP contribution in [0.1, 0.15) is 35.6 Å². The lowest BCUT2D eigenvalue weighted by Crippen LogP contribution is -2.34. The first-order valence-electron chi connectivity index (χ1n) is 7.67. The van der Waals surface area contributed by atoms with Crippen LogP contribution in [0.3, 0.4) is 0 Å². The van der Waals surface area contributed by atoms with E-state index in [0.29, 0.717) is 6.54 Å². The van der Waals surface area contributed by atoms with Gasteiger partial charge in [0.1, 0.15) is 0 Å². The van der Waals surface area contributed by atoms with E-state index in [1.807, 2.05) is 0 Å². The monoisotopic (exact) mass is 276 g/mol. The van der Waals surface area contributed by atoms with E-state index in [2.05, 4.69) is 44.0 Å². The second-order valence-corrected chi connectivity index (χ2v) is 6.06. The average molecular weight is 276 g/mol. The maximum Gasteiger partial charge on any atom is 0.0593 e. The lowest BCUT2D eigenvalue weighted by atomic mass is 9.95. The van der Waals surface area contributed by atoms with Gasteiger partial charge in [-0.3, -0.25) is 4.90 Å². The van der Waals surface area contributed by atoms with Gasteiger partial charge in [-0.1, -0.05) is 18.2 Å². The molecule has 0 bridgehead atoms. The van der Waals surface area contributed by atoms with Gasteiger partial charge in [0.05, 0.1) is 6.61 Å². The highest BCUT2D eigenvalue weighted by Gasteiger charge is 2.22. The third-order valence-corrected chi connectivity index (χ3v) is 4.27. The van der Waals surface area contributed by atoms with Gasteiger partial charge in [-0.15, -0.1) is 0 Å². The molecule has 2 rings (SSSR count). The minimum atomic E-state index is 0.278. The molecular formula is C17H28N2O. The van der Waals surface area contributed by atoms with E-state index in [-0.39, 0.29) is 6.04 Å². The van der Waals surface area contributed by atoms with E-state index in [4.69, 9.17) is 10.5 Å². The lowest BCUT2D eigenvalue weighted by molar-refractivity contribution is 0.0921. The van der Waals surface area contributed by atoms with E-state index in [9.17, 15) is 0 Å². The molecule has 20 heavy (non-hydrogen) atoms. The van der Waals surface area contributed by atoms with Gasteiger partial charge in [-0.2, -0.15) is 0 Å². The first-order valence-corrected chi connectivity index (χ1v) is 7.67. The zero-order valence-electron chi connectivity index (χ0n) is 13.1. The number of likely N-dealkylation sites (N-methyl/N-ethyl adjacent to an activating group) is 1. The summed E-state index contributed by atoms with van der Waals surface area (Å²) in [6.45, 7) is 7.65. The van der Waals surface area contributed by atoms with Crippen LogP contribution in [0.25, 0.3) is 0 Å². The Kier molecular flexibility index (Phi) is 5.58. The van der Waals surface area contributed by atoms with Crippen molar-refractivity contribution in [3.05, 3.63) is 34.9 Å². The van der Waals surface area contributed by atoms with Gasteiger partial charge < -0.3 is 10.5 Å². The summed E-state index contributed by atoms with van der Waals surface area (Å²) in [4.78, 5) is 2.32. The Bertz CT molecular complexity index is 409. The number of hydrogen-bond donors (Lipinski definition) is 1. The predicted molar refractivity (Wildman–Crippen MR) is 83.9 cm³/mol. The summed E-state index contributed by atoms with van der Waals surface area (Å²) in [6.07, 6.45) is 2.70. The Morgan fingerprint density at radius 2 is 1.95 bits per heavy atom. The van der Waals surface area contributed by atoms with Gasteiger partial charge in [0.15, 0.2) is 0 Å². The smallest absolute Gasteiger partial charge is 0.0593 e. The predicted octanol–water partition coefficient (Wildman–Crippen LogP) is 2.66. The molecule has 1 saturated carbocycles. The largest absolute Gasteiger partial charge is 0.380 e. The average Bonchev–Trinajstić information content (AvgIpc) is 3.23. The Balaban J connectivity index is 1.91. The van der Waals surface area contributed by atoms with Crippen LogP contribution in [-0.4, -0.2) is 38.3 Å². The van der Waals surface area contributed by atoms with Crippen LogP contribution < -0.4 is 5.73 Å². The fourth-order valence-corrected chi connectivity index (χ4v) is 2.77. The molecule has 3 nitrogen and oxygen atoms in total. The summed E-state index contributed by atoms with van der Waals surface area (Å²) in [7, 11) is 2.14. The Labute approximate surface area is 123 Å². The van der Waals surface area contributed by atoms with Crippen LogP contribution in [0.2, 0.25) is 0 Å². The number of ether oxygens (including phenoxy) is 1. The molecule has 1 unspecified atom stereocenters. The minimum absolute atomic E-state index is 0.278. The van der Waals surface area contributed by atoms with Crippen molar-refractivity contribution >= 4 is 0 Å². The second kappa shape index (κ2) is 7.21. The van der Waals surface area contributed by atoms with Crippen LogP contribution in [0.5, 0.6) is 0 Å². The Morgan fingerprint density at radius 1 is 1.30 bits per heavy atom. The van der Waals surface area contributed by atoms with Crippen LogP contribution in [0.15, 0.2) is 18.2 Å². The molecule has 3 heteroatoms. The molecule has 0 heterocycles. The molecule has 0 aliphatic heterocycles. The summed E-state index contributed by atoms with van der Waals surface area (Å²) in [5, 5.41) is 0. The van der Waals surface area contributed by atoms with Crippen molar-refractivity contribution in [2.75, 3.05) is 33.4 Å². The van der Waals surface area contributed by atoms with Gasteiger partial charge in [0, 0.05) is 25.7 Å². The molecule has 1 aromatic carbocycles. The maximum absolute atomic E-state index is 6.02. The molecule has 0 amide bonds. The quantitative estimate of drug-likeness (QED) is 0.742. The summed E-state index contributed by atoms with van der Waals surface area (Å²) in [6, 6.07) is 6.73. The van der Waals surface area contributed by atoms with E-state index in [1.165, 1.54) is 29.5 Å². The van der Waals surface area contributed by atoms with Crippen molar-refractivity contribution in [1.82, 2.24) is 4.90 Å². The van der Waals surface area contributed by atoms with Crippen molar-refractivity contribution in [2.24, 2.45) is 11.7 Å². The number of hydrogen-bond acceptors (Lipinski definition) is 3. The molecule has 0 saturated heterocycles. The van der Waals surface area contributed by atoms with E-state index < -0.39 is 0 Å². The SMILES string of the molecule is Cc1cccc(C)c1C(CN)N(C)CCOCC1CC1. The van der Waals surface area contributed by atoms with E-state index in [1.54, 1.807) is 0 Å². The Morgan fingerprint density at radius 3 is 2.50 bits per heavy atom. The second-order valence-electron chi connectivity index (χ2n) is 6.06. The van der Waals surface area contributed by atoms with Gasteiger partial charge in [-0.05, 0) is 56.3 Å². The molecule has 1 aliphatic carbocycles. The number of aryl methyl sites for hydroxylation is 2. The molecule has 1 atom stereocenters. The zero-order chi connectivity index (χ0) is 14.5. The van der Waals surface area contributed by atoms with Gasteiger partial charge in [0.2, 0.25) is 0 Å². The molecule has 0 radical (unpaired) electrons. The molecule has 1 aliphatic rings. The maximum atomic E-state index is 6.02. The third-order valence-electron chi connectivity index (χ3n) is 4.27. The van der Waals surface area contributed by atoms with Crippen molar-refractivity contribution in [3.8, 4) is 0 Å². The standard InChI is InChI=1S/C17H28N2O/c1-13-5-4-6-14(2)17(13)16(11-18)19(3)9-10-20-12-15-7-8-15/h4-6,15-16H,7-12,18H2,1-3H3. The molecular weight excluding hydrogens is 248 g/mol. The van der Waals surface area contributed by atoms with Gasteiger partial charge in [-0.25, -0.2) is 0 Å². The minimum Gasteiger partial charge on any atom is -0.380 e. The first-order chi connectivity index (χ1) is 9.63. The van der Waals surface area contributed by atoms with Crippen LogP contribution in [0.4, 0.5) is 0 Å². The first kappa shape index (κ1) is 15.5. The topological polar surface area (TPSA) is 38.5 Å². The summed E-state index contributed by atoms with van der Waals surface area (Å²) in [5.41, 5.74) is 10.0. The molecule has 1 fully saturated rings. The molecule has 2 N–H and O–H groups in total. The van der Waals surface area contributed by atoms with Crippen molar-refractivity contribution in [1.29, 1.82) is 0 Å². The number of benzene rings is 1. The lowest BCUT2D eigenvalue weighted by Gasteiger charge is -2.29. The number of nitrogens with two attached hydrogens (primary N) is 1. The van der Waals surface area contributed by atoms with E-state index >= 15 is 0 Å². The summed E-state index contributed by atoms with van der Waals surface area (Å²) in [5.74, 6) is 0.837. The van der Waals surface area contributed by atoms with Crippen molar-refractivity contribution < 1.29 is 4.74 Å². The molecule has 0 spiro atoms. The molecule has 1 aromatic rings. The highest BCUT2D eigenvalue weighted by Crippen LogP contribution is 2.29. The van der Waals surface area contributed by atoms with Crippen LogP contribution in [0, 0.1) is 19.8 Å².